The molecule has 0 atom stereocenters. The minimum absolute atomic E-state index is 0.0562. The lowest BCUT2D eigenvalue weighted by Crippen LogP contribution is -2.27. The smallest absolute Gasteiger partial charge is 0.244 e. The van der Waals surface area contributed by atoms with E-state index in [0.717, 1.165) is 11.3 Å². The van der Waals surface area contributed by atoms with Gasteiger partial charge in [0.2, 0.25) is 5.91 Å². The molecule has 0 saturated carbocycles. The molecule has 0 aromatic carbocycles. The zero-order valence-corrected chi connectivity index (χ0v) is 11.4. The van der Waals surface area contributed by atoms with Crippen LogP contribution < -0.4 is 5.48 Å². The first-order chi connectivity index (χ1) is 8.96. The fourth-order valence-corrected chi connectivity index (χ4v) is 1.72. The highest BCUT2D eigenvalue weighted by molar-refractivity contribution is 5.75. The number of fused-ring (bicyclic) bond motifs is 1. The molecule has 0 aliphatic rings. The van der Waals surface area contributed by atoms with Crippen molar-refractivity contribution >= 4 is 11.6 Å². The Balaban J connectivity index is 1.89. The summed E-state index contributed by atoms with van der Waals surface area (Å²) in [6, 6.07) is 5.60. The van der Waals surface area contributed by atoms with E-state index in [-0.39, 0.29) is 17.9 Å². The van der Waals surface area contributed by atoms with Gasteiger partial charge in [-0.2, -0.15) is 5.10 Å². The molecule has 102 valence electrons. The molecule has 2 aromatic rings. The van der Waals surface area contributed by atoms with Crippen LogP contribution in [-0.2, 0) is 16.2 Å². The number of carbonyl (C=O) groups is 1. The Hall–Kier alpha value is -1.95. The van der Waals surface area contributed by atoms with Gasteiger partial charge >= 0.3 is 0 Å². The Morgan fingerprint density at radius 1 is 1.42 bits per heavy atom. The lowest BCUT2D eigenvalue weighted by molar-refractivity contribution is -0.136. The van der Waals surface area contributed by atoms with Crippen molar-refractivity contribution in [2.75, 3.05) is 0 Å². The largest absolute Gasteiger partial charge is 0.273 e. The van der Waals surface area contributed by atoms with Crippen LogP contribution in [0, 0.1) is 5.41 Å². The molecule has 0 spiro atoms. The third-order valence-electron chi connectivity index (χ3n) is 2.48. The molecule has 0 aliphatic carbocycles. The number of pyridine rings is 1. The first kappa shape index (κ1) is 13.5. The summed E-state index contributed by atoms with van der Waals surface area (Å²) < 4.78 is 1.68. The average Bonchev–Trinajstić information content (AvgIpc) is 2.75. The van der Waals surface area contributed by atoms with Crippen LogP contribution in [0.25, 0.3) is 5.65 Å². The van der Waals surface area contributed by atoms with Gasteiger partial charge in [0.25, 0.3) is 0 Å². The van der Waals surface area contributed by atoms with Gasteiger partial charge in [-0.15, -0.1) is 0 Å². The van der Waals surface area contributed by atoms with Crippen LogP contribution in [0.5, 0.6) is 0 Å². The number of hydrogen-bond donors (Lipinski definition) is 1. The van der Waals surface area contributed by atoms with Crippen molar-refractivity contribution in [1.82, 2.24) is 20.1 Å². The molecule has 6 heteroatoms. The van der Waals surface area contributed by atoms with Crippen molar-refractivity contribution in [1.29, 1.82) is 0 Å². The normalized spacial score (nSPS) is 11.7. The minimum Gasteiger partial charge on any atom is -0.273 e. The maximum Gasteiger partial charge on any atom is 0.244 e. The molecule has 0 fully saturated rings. The summed E-state index contributed by atoms with van der Waals surface area (Å²) in [5.74, 6) is -0.127. The SMILES string of the molecule is CC(C)(C)CC(=O)NOCc1cccc2ncnn12. The van der Waals surface area contributed by atoms with Crippen LogP contribution in [0.1, 0.15) is 32.9 Å². The summed E-state index contributed by atoms with van der Waals surface area (Å²) in [6.07, 6.45) is 1.90. The van der Waals surface area contributed by atoms with Crippen molar-refractivity contribution in [3.05, 3.63) is 30.2 Å². The molecule has 1 amide bonds. The molecule has 0 radical (unpaired) electrons. The molecule has 6 nitrogen and oxygen atoms in total. The van der Waals surface area contributed by atoms with Crippen LogP contribution >= 0.6 is 0 Å². The first-order valence-electron chi connectivity index (χ1n) is 6.14. The Kier molecular flexibility index (Phi) is 3.80. The van der Waals surface area contributed by atoms with E-state index in [0.29, 0.717) is 6.42 Å². The van der Waals surface area contributed by atoms with E-state index >= 15 is 0 Å². The summed E-state index contributed by atoms with van der Waals surface area (Å²) in [6.45, 7) is 6.25. The van der Waals surface area contributed by atoms with Crippen molar-refractivity contribution in [2.45, 2.75) is 33.8 Å². The van der Waals surface area contributed by atoms with E-state index < -0.39 is 0 Å². The number of aromatic nitrogens is 3. The van der Waals surface area contributed by atoms with Gasteiger partial charge in [-0.1, -0.05) is 26.8 Å². The molecule has 0 unspecified atom stereocenters. The van der Waals surface area contributed by atoms with Gasteiger partial charge in [-0.25, -0.2) is 15.0 Å². The lowest BCUT2D eigenvalue weighted by Gasteiger charge is -2.17. The van der Waals surface area contributed by atoms with Gasteiger partial charge in [-0.3, -0.25) is 9.63 Å². The Labute approximate surface area is 111 Å². The molecule has 0 aliphatic heterocycles. The fourth-order valence-electron chi connectivity index (χ4n) is 1.72. The zero-order chi connectivity index (χ0) is 13.9. The molecule has 2 heterocycles. The molecular weight excluding hydrogens is 244 g/mol. The van der Waals surface area contributed by atoms with Gasteiger partial charge in [0.1, 0.15) is 12.9 Å². The second-order valence-electron chi connectivity index (χ2n) is 5.60. The van der Waals surface area contributed by atoms with Crippen LogP contribution in [0.3, 0.4) is 0 Å². The van der Waals surface area contributed by atoms with E-state index in [1.807, 2.05) is 39.0 Å². The van der Waals surface area contributed by atoms with Crippen LogP contribution in [0.15, 0.2) is 24.5 Å². The predicted molar refractivity (Wildman–Crippen MR) is 70.0 cm³/mol. The monoisotopic (exact) mass is 262 g/mol. The highest BCUT2D eigenvalue weighted by Crippen LogP contribution is 2.17. The Bertz CT molecular complexity index is 571. The molecule has 1 N–H and O–H groups in total. The predicted octanol–water partition coefficient (Wildman–Crippen LogP) is 1.71. The van der Waals surface area contributed by atoms with Crippen molar-refractivity contribution in [2.24, 2.45) is 5.41 Å². The number of amides is 1. The third-order valence-corrected chi connectivity index (χ3v) is 2.48. The second kappa shape index (κ2) is 5.36. The van der Waals surface area contributed by atoms with Crippen LogP contribution in [-0.4, -0.2) is 20.5 Å². The molecular formula is C13H18N4O2. The minimum atomic E-state index is -0.127. The first-order valence-corrected chi connectivity index (χ1v) is 6.14. The Morgan fingerprint density at radius 2 is 2.21 bits per heavy atom. The van der Waals surface area contributed by atoms with Crippen LogP contribution in [0.4, 0.5) is 0 Å². The summed E-state index contributed by atoms with van der Waals surface area (Å²) in [7, 11) is 0. The summed E-state index contributed by atoms with van der Waals surface area (Å²) >= 11 is 0. The van der Waals surface area contributed by atoms with E-state index in [4.69, 9.17) is 4.84 Å². The second-order valence-corrected chi connectivity index (χ2v) is 5.60. The number of nitrogens with one attached hydrogen (secondary N) is 1. The summed E-state index contributed by atoms with van der Waals surface area (Å²) in [5.41, 5.74) is 3.96. The van der Waals surface area contributed by atoms with E-state index in [9.17, 15) is 4.79 Å². The average molecular weight is 262 g/mol. The highest BCUT2D eigenvalue weighted by Gasteiger charge is 2.15. The van der Waals surface area contributed by atoms with Crippen molar-refractivity contribution in [3.8, 4) is 0 Å². The number of rotatable bonds is 4. The number of nitrogens with zero attached hydrogens (tertiary/aromatic N) is 3. The van der Waals surface area contributed by atoms with Gasteiger partial charge < -0.3 is 0 Å². The number of carbonyl (C=O) groups excluding carboxylic acids is 1. The molecule has 0 saturated heterocycles. The molecule has 19 heavy (non-hydrogen) atoms. The van der Waals surface area contributed by atoms with E-state index in [1.165, 1.54) is 6.33 Å². The summed E-state index contributed by atoms with van der Waals surface area (Å²) in [4.78, 5) is 20.9. The fraction of sp³-hybridized carbons (Fsp3) is 0.462. The lowest BCUT2D eigenvalue weighted by atomic mass is 9.92. The quantitative estimate of drug-likeness (QED) is 0.852. The standard InChI is InChI=1S/C13H18N4O2/c1-13(2,3)7-12(18)16-19-8-10-5-4-6-11-14-9-15-17(10)11/h4-6,9H,7-8H2,1-3H3,(H,16,18). The maximum absolute atomic E-state index is 11.6. The van der Waals surface area contributed by atoms with Crippen LogP contribution in [0.2, 0.25) is 0 Å². The van der Waals surface area contributed by atoms with Gasteiger partial charge in [0.05, 0.1) is 5.69 Å². The molecule has 2 rings (SSSR count). The zero-order valence-electron chi connectivity index (χ0n) is 11.4. The summed E-state index contributed by atoms with van der Waals surface area (Å²) in [5, 5.41) is 4.09. The number of hydrogen-bond acceptors (Lipinski definition) is 4. The molecule has 0 bridgehead atoms. The number of hydroxylamine groups is 1. The molecule has 2 aromatic heterocycles. The van der Waals surface area contributed by atoms with Gasteiger partial charge in [-0.05, 0) is 17.5 Å². The highest BCUT2D eigenvalue weighted by atomic mass is 16.6. The van der Waals surface area contributed by atoms with E-state index in [1.54, 1.807) is 4.52 Å². The van der Waals surface area contributed by atoms with E-state index in [2.05, 4.69) is 15.6 Å². The topological polar surface area (TPSA) is 68.5 Å². The van der Waals surface area contributed by atoms with Crippen molar-refractivity contribution in [3.63, 3.8) is 0 Å². The van der Waals surface area contributed by atoms with Gasteiger partial charge in [0.15, 0.2) is 5.65 Å². The van der Waals surface area contributed by atoms with Gasteiger partial charge in [0, 0.05) is 6.42 Å². The maximum atomic E-state index is 11.6. The third kappa shape index (κ3) is 3.75. The Morgan fingerprint density at radius 3 is 2.95 bits per heavy atom. The van der Waals surface area contributed by atoms with Crippen molar-refractivity contribution < 1.29 is 9.63 Å².